The standard InChI is InChI=1S/C17H17N3S3/c1-11-4-3-5-13(8-11)20-17(21)18-9-14-6-7-16(23-14)15-10-22-12(2)19-15/h3-8,10H,9H2,1-2H3,(H2,18,20,21). The fraction of sp³-hybridized carbons (Fsp3) is 0.176. The topological polar surface area (TPSA) is 37.0 Å². The molecule has 0 saturated carbocycles. The van der Waals surface area contributed by atoms with Crippen LogP contribution in [0.3, 0.4) is 0 Å². The number of nitrogens with zero attached hydrogens (tertiary/aromatic N) is 1. The van der Waals surface area contributed by atoms with Crippen LogP contribution in [-0.2, 0) is 6.54 Å². The summed E-state index contributed by atoms with van der Waals surface area (Å²) in [7, 11) is 0. The molecular weight excluding hydrogens is 342 g/mol. The molecule has 0 atom stereocenters. The average Bonchev–Trinajstić information content (AvgIpc) is 3.14. The van der Waals surface area contributed by atoms with Crippen LogP contribution in [0.4, 0.5) is 5.69 Å². The molecule has 0 aliphatic rings. The first kappa shape index (κ1) is 16.1. The van der Waals surface area contributed by atoms with Gasteiger partial charge >= 0.3 is 0 Å². The highest BCUT2D eigenvalue weighted by atomic mass is 32.1. The van der Waals surface area contributed by atoms with Gasteiger partial charge < -0.3 is 10.6 Å². The molecule has 0 unspecified atom stereocenters. The maximum Gasteiger partial charge on any atom is 0.171 e. The van der Waals surface area contributed by atoms with Gasteiger partial charge in [-0.05, 0) is 55.9 Å². The highest BCUT2D eigenvalue weighted by Crippen LogP contribution is 2.28. The van der Waals surface area contributed by atoms with Gasteiger partial charge in [0, 0.05) is 15.9 Å². The molecule has 0 spiro atoms. The first-order valence-electron chi connectivity index (χ1n) is 7.23. The Morgan fingerprint density at radius 1 is 1.22 bits per heavy atom. The van der Waals surface area contributed by atoms with E-state index in [1.165, 1.54) is 15.3 Å². The maximum atomic E-state index is 5.35. The van der Waals surface area contributed by atoms with E-state index in [-0.39, 0.29) is 0 Å². The molecule has 3 rings (SSSR count). The Balaban J connectivity index is 1.56. The van der Waals surface area contributed by atoms with Crippen LogP contribution in [0.1, 0.15) is 15.4 Å². The van der Waals surface area contributed by atoms with Gasteiger partial charge in [0.25, 0.3) is 0 Å². The van der Waals surface area contributed by atoms with E-state index in [4.69, 9.17) is 12.2 Å². The summed E-state index contributed by atoms with van der Waals surface area (Å²) in [6, 6.07) is 12.4. The van der Waals surface area contributed by atoms with Crippen molar-refractivity contribution in [3.8, 4) is 10.6 Å². The van der Waals surface area contributed by atoms with Crippen molar-refractivity contribution in [1.29, 1.82) is 0 Å². The lowest BCUT2D eigenvalue weighted by Gasteiger charge is -2.10. The van der Waals surface area contributed by atoms with Crippen LogP contribution in [0.15, 0.2) is 41.8 Å². The van der Waals surface area contributed by atoms with Crippen molar-refractivity contribution < 1.29 is 0 Å². The second-order valence-electron chi connectivity index (χ2n) is 5.19. The molecule has 0 bridgehead atoms. The second-order valence-corrected chi connectivity index (χ2v) is 7.83. The maximum absolute atomic E-state index is 5.35. The number of aromatic nitrogens is 1. The van der Waals surface area contributed by atoms with Crippen LogP contribution < -0.4 is 10.6 Å². The average molecular weight is 360 g/mol. The predicted molar refractivity (Wildman–Crippen MR) is 104 cm³/mol. The quantitative estimate of drug-likeness (QED) is 0.645. The van der Waals surface area contributed by atoms with Crippen molar-refractivity contribution in [1.82, 2.24) is 10.3 Å². The zero-order valence-corrected chi connectivity index (χ0v) is 15.4. The van der Waals surface area contributed by atoms with E-state index >= 15 is 0 Å². The van der Waals surface area contributed by atoms with Crippen LogP contribution in [-0.4, -0.2) is 10.1 Å². The van der Waals surface area contributed by atoms with Gasteiger partial charge in [-0.25, -0.2) is 4.98 Å². The smallest absolute Gasteiger partial charge is 0.171 e. The fourth-order valence-electron chi connectivity index (χ4n) is 2.15. The van der Waals surface area contributed by atoms with Crippen LogP contribution in [0.25, 0.3) is 10.6 Å². The molecule has 0 aliphatic heterocycles. The summed E-state index contributed by atoms with van der Waals surface area (Å²) >= 11 is 8.78. The largest absolute Gasteiger partial charge is 0.358 e. The van der Waals surface area contributed by atoms with Crippen LogP contribution in [0.5, 0.6) is 0 Å². The summed E-state index contributed by atoms with van der Waals surface area (Å²) in [5.74, 6) is 0. The SMILES string of the molecule is Cc1cccc(NC(=S)NCc2ccc(-c3csc(C)n3)s2)c1. The normalized spacial score (nSPS) is 10.5. The lowest BCUT2D eigenvalue weighted by atomic mass is 10.2. The molecule has 3 nitrogen and oxygen atoms in total. The number of benzene rings is 1. The molecule has 2 heterocycles. The summed E-state index contributed by atoms with van der Waals surface area (Å²) in [5, 5.41) is 10.3. The van der Waals surface area contributed by atoms with E-state index in [2.05, 4.69) is 52.2 Å². The van der Waals surface area contributed by atoms with Gasteiger partial charge in [-0.15, -0.1) is 22.7 Å². The number of thiophene rings is 1. The van der Waals surface area contributed by atoms with Gasteiger partial charge in [0.15, 0.2) is 5.11 Å². The molecule has 3 aromatic rings. The minimum Gasteiger partial charge on any atom is -0.358 e. The minimum absolute atomic E-state index is 0.634. The van der Waals surface area contributed by atoms with Crippen LogP contribution in [0, 0.1) is 13.8 Å². The number of thiocarbonyl (C=S) groups is 1. The molecule has 2 N–H and O–H groups in total. The number of thiazole rings is 1. The third-order valence-corrected chi connectivity index (χ3v) is 5.36. The van der Waals surface area contributed by atoms with Gasteiger partial charge in [0.1, 0.15) is 0 Å². The molecule has 0 amide bonds. The van der Waals surface area contributed by atoms with Crippen molar-refractivity contribution in [3.05, 3.63) is 57.2 Å². The first-order chi connectivity index (χ1) is 11.1. The van der Waals surface area contributed by atoms with E-state index in [0.717, 1.165) is 16.4 Å². The fourth-order valence-corrected chi connectivity index (χ4v) is 3.94. The molecular formula is C17H17N3S3. The predicted octanol–water partition coefficient (Wildman–Crippen LogP) is 4.98. The van der Waals surface area contributed by atoms with Crippen LogP contribution in [0.2, 0.25) is 0 Å². The zero-order chi connectivity index (χ0) is 16.2. The molecule has 0 aliphatic carbocycles. The minimum atomic E-state index is 0.634. The third kappa shape index (κ3) is 4.37. The van der Waals surface area contributed by atoms with Gasteiger partial charge in [0.2, 0.25) is 0 Å². The lowest BCUT2D eigenvalue weighted by Crippen LogP contribution is -2.27. The summed E-state index contributed by atoms with van der Waals surface area (Å²) in [6.07, 6.45) is 0. The Hall–Kier alpha value is -1.76. The Kier molecular flexibility index (Phi) is 5.05. The van der Waals surface area contributed by atoms with Crippen molar-refractivity contribution in [2.24, 2.45) is 0 Å². The highest BCUT2D eigenvalue weighted by molar-refractivity contribution is 7.80. The number of anilines is 1. The highest BCUT2D eigenvalue weighted by Gasteiger charge is 2.06. The number of hydrogen-bond acceptors (Lipinski definition) is 4. The molecule has 2 aromatic heterocycles. The Bertz CT molecular complexity index is 820. The summed E-state index contributed by atoms with van der Waals surface area (Å²) in [5.41, 5.74) is 3.27. The molecule has 23 heavy (non-hydrogen) atoms. The van der Waals surface area contributed by atoms with E-state index in [1.807, 2.05) is 19.1 Å². The lowest BCUT2D eigenvalue weighted by molar-refractivity contribution is 0.946. The number of hydrogen-bond donors (Lipinski definition) is 2. The van der Waals surface area contributed by atoms with Gasteiger partial charge in [-0.1, -0.05) is 12.1 Å². The number of aryl methyl sites for hydroxylation is 2. The van der Waals surface area contributed by atoms with Gasteiger partial charge in [-0.3, -0.25) is 0 Å². The Labute approximate surface area is 149 Å². The van der Waals surface area contributed by atoms with Crippen molar-refractivity contribution in [3.63, 3.8) is 0 Å². The third-order valence-electron chi connectivity index (χ3n) is 3.23. The van der Waals surface area contributed by atoms with Crippen LogP contribution >= 0.6 is 34.9 Å². The Morgan fingerprint density at radius 2 is 2.09 bits per heavy atom. The van der Waals surface area contributed by atoms with E-state index < -0.39 is 0 Å². The van der Waals surface area contributed by atoms with Gasteiger partial charge in [-0.2, -0.15) is 0 Å². The summed E-state index contributed by atoms with van der Waals surface area (Å²) in [4.78, 5) is 6.96. The molecule has 0 radical (unpaired) electrons. The van der Waals surface area contributed by atoms with E-state index in [0.29, 0.717) is 11.7 Å². The molecule has 6 heteroatoms. The molecule has 0 fully saturated rings. The van der Waals surface area contributed by atoms with Crippen molar-refractivity contribution in [2.75, 3.05) is 5.32 Å². The zero-order valence-electron chi connectivity index (χ0n) is 12.9. The number of rotatable bonds is 4. The summed E-state index contributed by atoms with van der Waals surface area (Å²) < 4.78 is 0. The van der Waals surface area contributed by atoms with E-state index in [9.17, 15) is 0 Å². The molecule has 0 saturated heterocycles. The monoisotopic (exact) mass is 359 g/mol. The number of nitrogens with one attached hydrogen (secondary N) is 2. The van der Waals surface area contributed by atoms with Gasteiger partial charge in [0.05, 0.1) is 22.1 Å². The second kappa shape index (κ2) is 7.21. The van der Waals surface area contributed by atoms with Crippen molar-refractivity contribution in [2.45, 2.75) is 20.4 Å². The summed E-state index contributed by atoms with van der Waals surface area (Å²) in [6.45, 7) is 4.81. The first-order valence-corrected chi connectivity index (χ1v) is 9.33. The molecule has 1 aromatic carbocycles. The van der Waals surface area contributed by atoms with Crippen molar-refractivity contribution >= 4 is 45.7 Å². The molecule has 118 valence electrons. The van der Waals surface area contributed by atoms with E-state index in [1.54, 1.807) is 22.7 Å². The Morgan fingerprint density at radius 3 is 2.83 bits per heavy atom.